The van der Waals surface area contributed by atoms with E-state index in [1.54, 1.807) is 12.1 Å². The number of likely N-dealkylation sites (tertiary alicyclic amines) is 1. The first kappa shape index (κ1) is 16.5. The number of carbonyl (C=O) groups excluding carboxylic acids is 1. The topological polar surface area (TPSA) is 44.4 Å². The van der Waals surface area contributed by atoms with Crippen molar-refractivity contribution < 1.29 is 9.18 Å². The van der Waals surface area contributed by atoms with Crippen molar-refractivity contribution >= 4 is 17.3 Å². The van der Waals surface area contributed by atoms with Crippen molar-refractivity contribution in [2.75, 3.05) is 30.8 Å². The van der Waals surface area contributed by atoms with Gasteiger partial charge in [0.05, 0.1) is 16.9 Å². The van der Waals surface area contributed by atoms with E-state index >= 15 is 0 Å². The van der Waals surface area contributed by atoms with Crippen molar-refractivity contribution in [3.05, 3.63) is 59.9 Å². The molecular formula is C19H22FN3O. The molecule has 5 heteroatoms. The van der Waals surface area contributed by atoms with Crippen molar-refractivity contribution in [3.63, 3.8) is 0 Å². The summed E-state index contributed by atoms with van der Waals surface area (Å²) in [6.45, 7) is 2.11. The Morgan fingerprint density at radius 3 is 2.38 bits per heavy atom. The minimum Gasteiger partial charge on any atom is -0.381 e. The molecule has 1 amide bonds. The van der Waals surface area contributed by atoms with Crippen LogP contribution in [0.15, 0.2) is 48.5 Å². The maximum atomic E-state index is 13.8. The molecule has 1 aliphatic heterocycles. The first-order chi connectivity index (χ1) is 11.6. The fraction of sp³-hybridized carbons (Fsp3) is 0.316. The highest BCUT2D eigenvalue weighted by Gasteiger charge is 2.18. The second-order valence-corrected chi connectivity index (χ2v) is 6.20. The smallest absolute Gasteiger partial charge is 0.258 e. The van der Waals surface area contributed by atoms with Crippen LogP contribution in [-0.2, 0) is 0 Å². The van der Waals surface area contributed by atoms with Gasteiger partial charge in [-0.2, -0.15) is 0 Å². The van der Waals surface area contributed by atoms with E-state index in [0.29, 0.717) is 11.7 Å². The van der Waals surface area contributed by atoms with Gasteiger partial charge in [-0.05, 0) is 57.2 Å². The highest BCUT2D eigenvalue weighted by atomic mass is 19.1. The quantitative estimate of drug-likeness (QED) is 0.902. The number of piperidine rings is 1. The average Bonchev–Trinajstić information content (AvgIpc) is 2.59. The fourth-order valence-electron chi connectivity index (χ4n) is 2.93. The normalized spacial score (nSPS) is 15.9. The number of carbonyl (C=O) groups is 1. The van der Waals surface area contributed by atoms with Gasteiger partial charge in [0.25, 0.3) is 5.91 Å². The van der Waals surface area contributed by atoms with Gasteiger partial charge < -0.3 is 15.5 Å². The van der Waals surface area contributed by atoms with Crippen LogP contribution in [0, 0.1) is 5.82 Å². The molecule has 126 valence electrons. The van der Waals surface area contributed by atoms with Crippen molar-refractivity contribution in [2.24, 2.45) is 0 Å². The minimum absolute atomic E-state index is 0.0478. The lowest BCUT2D eigenvalue weighted by Crippen LogP contribution is -2.36. The number of para-hydroxylation sites is 2. The Hall–Kier alpha value is -2.40. The van der Waals surface area contributed by atoms with Crippen LogP contribution < -0.4 is 10.6 Å². The maximum absolute atomic E-state index is 13.8. The standard InChI is InChI=1S/C19H22FN3O/c1-23-12-10-14(11-13-23)21-17-8-4-5-9-18(17)22-19(24)15-6-2-3-7-16(15)20/h2-9,14,21H,10-13H2,1H3,(H,22,24). The molecular weight excluding hydrogens is 305 g/mol. The summed E-state index contributed by atoms with van der Waals surface area (Å²) in [7, 11) is 2.12. The first-order valence-electron chi connectivity index (χ1n) is 8.23. The zero-order valence-corrected chi connectivity index (χ0v) is 13.8. The van der Waals surface area contributed by atoms with Gasteiger partial charge in [-0.3, -0.25) is 4.79 Å². The summed E-state index contributed by atoms with van der Waals surface area (Å²) in [6, 6.07) is 13.9. The second kappa shape index (κ2) is 7.45. The van der Waals surface area contributed by atoms with E-state index in [1.807, 2.05) is 24.3 Å². The molecule has 0 atom stereocenters. The monoisotopic (exact) mass is 327 g/mol. The van der Waals surface area contributed by atoms with Crippen LogP contribution in [0.25, 0.3) is 0 Å². The van der Waals surface area contributed by atoms with Gasteiger partial charge in [0.1, 0.15) is 5.82 Å². The molecule has 2 aromatic rings. The molecule has 0 aromatic heterocycles. The highest BCUT2D eigenvalue weighted by Crippen LogP contribution is 2.25. The largest absolute Gasteiger partial charge is 0.381 e. The number of amides is 1. The molecule has 2 N–H and O–H groups in total. The van der Waals surface area contributed by atoms with Gasteiger partial charge in [0, 0.05) is 6.04 Å². The average molecular weight is 327 g/mol. The third-order valence-electron chi connectivity index (χ3n) is 4.37. The maximum Gasteiger partial charge on any atom is 0.258 e. The van der Waals surface area contributed by atoms with Gasteiger partial charge >= 0.3 is 0 Å². The number of halogens is 1. The third-order valence-corrected chi connectivity index (χ3v) is 4.37. The Labute approximate surface area is 141 Å². The minimum atomic E-state index is -0.518. The predicted molar refractivity (Wildman–Crippen MR) is 94.9 cm³/mol. The lowest BCUT2D eigenvalue weighted by Gasteiger charge is -2.30. The molecule has 1 fully saturated rings. The Morgan fingerprint density at radius 1 is 1.04 bits per heavy atom. The number of anilines is 2. The molecule has 1 heterocycles. The van der Waals surface area contributed by atoms with Gasteiger partial charge in [-0.1, -0.05) is 24.3 Å². The fourth-order valence-corrected chi connectivity index (χ4v) is 2.93. The van der Waals surface area contributed by atoms with Crippen molar-refractivity contribution in [1.29, 1.82) is 0 Å². The van der Waals surface area contributed by atoms with Gasteiger partial charge in [0.2, 0.25) is 0 Å². The number of nitrogens with one attached hydrogen (secondary N) is 2. The number of hydrogen-bond acceptors (Lipinski definition) is 3. The summed E-state index contributed by atoms with van der Waals surface area (Å²) in [5.74, 6) is -0.957. The molecule has 1 saturated heterocycles. The van der Waals surface area contributed by atoms with Crippen LogP contribution in [0.5, 0.6) is 0 Å². The predicted octanol–water partition coefficient (Wildman–Crippen LogP) is 3.58. The molecule has 4 nitrogen and oxygen atoms in total. The molecule has 3 rings (SSSR count). The van der Waals surface area contributed by atoms with E-state index in [2.05, 4.69) is 22.6 Å². The van der Waals surface area contributed by atoms with E-state index in [-0.39, 0.29) is 5.56 Å². The number of hydrogen-bond donors (Lipinski definition) is 2. The summed E-state index contributed by atoms with van der Waals surface area (Å²) < 4.78 is 13.8. The molecule has 2 aromatic carbocycles. The Bertz CT molecular complexity index is 711. The van der Waals surface area contributed by atoms with Crippen LogP contribution in [0.3, 0.4) is 0 Å². The van der Waals surface area contributed by atoms with Crippen LogP contribution in [0.1, 0.15) is 23.2 Å². The number of nitrogens with zero attached hydrogens (tertiary/aromatic N) is 1. The summed E-state index contributed by atoms with van der Waals surface area (Å²) >= 11 is 0. The summed E-state index contributed by atoms with van der Waals surface area (Å²) in [6.07, 6.45) is 2.12. The summed E-state index contributed by atoms with van der Waals surface area (Å²) in [5, 5.41) is 6.32. The van der Waals surface area contributed by atoms with Gasteiger partial charge in [-0.25, -0.2) is 4.39 Å². The zero-order chi connectivity index (χ0) is 16.9. The Balaban J connectivity index is 1.72. The molecule has 0 unspecified atom stereocenters. The molecule has 1 aliphatic rings. The van der Waals surface area contributed by atoms with Crippen LogP contribution in [-0.4, -0.2) is 37.0 Å². The zero-order valence-electron chi connectivity index (χ0n) is 13.8. The number of benzene rings is 2. The molecule has 0 saturated carbocycles. The Kier molecular flexibility index (Phi) is 5.11. The van der Waals surface area contributed by atoms with E-state index in [4.69, 9.17) is 0 Å². The van der Waals surface area contributed by atoms with Crippen molar-refractivity contribution in [2.45, 2.75) is 18.9 Å². The van der Waals surface area contributed by atoms with Crippen LogP contribution >= 0.6 is 0 Å². The van der Waals surface area contributed by atoms with Crippen molar-refractivity contribution in [3.8, 4) is 0 Å². The van der Waals surface area contributed by atoms with E-state index in [9.17, 15) is 9.18 Å². The van der Waals surface area contributed by atoms with E-state index in [0.717, 1.165) is 31.6 Å². The lowest BCUT2D eigenvalue weighted by molar-refractivity contribution is 0.102. The number of rotatable bonds is 4. The third kappa shape index (κ3) is 3.92. The van der Waals surface area contributed by atoms with Gasteiger partial charge in [0.15, 0.2) is 0 Å². The van der Waals surface area contributed by atoms with Gasteiger partial charge in [-0.15, -0.1) is 0 Å². The first-order valence-corrected chi connectivity index (χ1v) is 8.23. The molecule has 24 heavy (non-hydrogen) atoms. The van der Waals surface area contributed by atoms with Crippen molar-refractivity contribution in [1.82, 2.24) is 4.90 Å². The molecule has 0 aliphatic carbocycles. The highest BCUT2D eigenvalue weighted by molar-refractivity contribution is 6.06. The SMILES string of the molecule is CN1CCC(Nc2ccccc2NC(=O)c2ccccc2F)CC1. The molecule has 0 spiro atoms. The Morgan fingerprint density at radius 2 is 1.67 bits per heavy atom. The molecule has 0 bridgehead atoms. The van der Waals surface area contributed by atoms with E-state index < -0.39 is 11.7 Å². The van der Waals surface area contributed by atoms with E-state index in [1.165, 1.54) is 12.1 Å². The van der Waals surface area contributed by atoms with Crippen LogP contribution in [0.2, 0.25) is 0 Å². The second-order valence-electron chi connectivity index (χ2n) is 6.20. The van der Waals surface area contributed by atoms with Crippen LogP contribution in [0.4, 0.5) is 15.8 Å². The molecule has 0 radical (unpaired) electrons. The lowest BCUT2D eigenvalue weighted by atomic mass is 10.0. The summed E-state index contributed by atoms with van der Waals surface area (Å²) in [5.41, 5.74) is 1.59. The summed E-state index contributed by atoms with van der Waals surface area (Å²) in [4.78, 5) is 14.6.